The lowest BCUT2D eigenvalue weighted by atomic mass is 10.4. The third kappa shape index (κ3) is 4.59. The average molecular weight is 233 g/mol. The summed E-state index contributed by atoms with van der Waals surface area (Å²) >= 11 is 5.72. The molecule has 0 atom stereocenters. The van der Waals surface area contributed by atoms with Crippen molar-refractivity contribution in [2.45, 2.75) is 6.54 Å². The lowest BCUT2D eigenvalue weighted by Crippen LogP contribution is -2.29. The van der Waals surface area contributed by atoms with Crippen LogP contribution in [0.2, 0.25) is 0 Å². The molecule has 0 aliphatic rings. The van der Waals surface area contributed by atoms with Gasteiger partial charge in [0.05, 0.1) is 12.3 Å². The minimum absolute atomic E-state index is 0.615. The lowest BCUT2D eigenvalue weighted by molar-refractivity contribution is 0.147. The molecule has 0 aliphatic heterocycles. The van der Waals surface area contributed by atoms with Crippen molar-refractivity contribution in [2.24, 2.45) is 7.05 Å². The summed E-state index contributed by atoms with van der Waals surface area (Å²) in [6.07, 6.45) is 1.91. The van der Waals surface area contributed by atoms with Crippen LogP contribution in [0, 0.1) is 0 Å². The highest BCUT2D eigenvalue weighted by molar-refractivity contribution is 6.18. The van der Waals surface area contributed by atoms with E-state index in [1.165, 1.54) is 0 Å². The van der Waals surface area contributed by atoms with Gasteiger partial charge in [-0.15, -0.1) is 16.7 Å². The van der Waals surface area contributed by atoms with Crippen LogP contribution in [0.5, 0.6) is 0 Å². The molecule has 0 saturated carbocycles. The summed E-state index contributed by atoms with van der Waals surface area (Å²) in [4.78, 5) is 2.19. The Bertz CT molecular complexity index is 279. The molecule has 0 bridgehead atoms. The van der Waals surface area contributed by atoms with Crippen LogP contribution in [0.4, 0.5) is 0 Å². The topological polar surface area (TPSA) is 43.2 Å². The quantitative estimate of drug-likeness (QED) is 0.643. The fourth-order valence-corrected chi connectivity index (χ4v) is 1.55. The van der Waals surface area contributed by atoms with Crippen LogP contribution in [-0.2, 0) is 18.3 Å². The van der Waals surface area contributed by atoms with E-state index in [1.54, 1.807) is 11.8 Å². The van der Waals surface area contributed by atoms with Crippen LogP contribution in [0.1, 0.15) is 5.69 Å². The third-order valence-electron chi connectivity index (χ3n) is 2.05. The molecule has 1 heterocycles. The number of hydrogen-bond donors (Lipinski definition) is 0. The zero-order chi connectivity index (χ0) is 11.1. The number of nitrogens with zero attached hydrogens (tertiary/aromatic N) is 4. The number of halogens is 1. The SMILES string of the molecule is COCCN(CCCl)Cc1cn(C)nn1. The molecule has 5 nitrogen and oxygen atoms in total. The molecule has 1 aromatic heterocycles. The Morgan fingerprint density at radius 1 is 1.53 bits per heavy atom. The van der Waals surface area contributed by atoms with Gasteiger partial charge in [0.2, 0.25) is 0 Å². The van der Waals surface area contributed by atoms with E-state index in [1.807, 2.05) is 13.2 Å². The van der Waals surface area contributed by atoms with Crippen LogP contribution in [0.15, 0.2) is 6.20 Å². The Kier molecular flexibility index (Phi) is 5.60. The molecule has 0 radical (unpaired) electrons. The van der Waals surface area contributed by atoms with Crippen molar-refractivity contribution in [1.29, 1.82) is 0 Å². The second-order valence-corrected chi connectivity index (χ2v) is 3.72. The summed E-state index contributed by atoms with van der Waals surface area (Å²) in [7, 11) is 3.55. The zero-order valence-corrected chi connectivity index (χ0v) is 9.94. The Morgan fingerprint density at radius 2 is 2.33 bits per heavy atom. The van der Waals surface area contributed by atoms with Crippen LogP contribution < -0.4 is 0 Å². The number of rotatable bonds is 7. The first kappa shape index (κ1) is 12.4. The van der Waals surface area contributed by atoms with Crippen LogP contribution >= 0.6 is 11.6 Å². The molecule has 0 unspecified atom stereocenters. The molecule has 1 rings (SSSR count). The monoisotopic (exact) mass is 232 g/mol. The number of methoxy groups -OCH3 is 1. The molecule has 0 aliphatic carbocycles. The Labute approximate surface area is 95.0 Å². The standard InChI is InChI=1S/C9H17ClN4O/c1-13-7-9(11-12-13)8-14(4-3-10)5-6-15-2/h7H,3-6,8H2,1-2H3. The maximum atomic E-state index is 5.72. The molecule has 0 amide bonds. The molecule has 0 N–H and O–H groups in total. The molecule has 6 heteroatoms. The average Bonchev–Trinajstić information content (AvgIpc) is 2.61. The lowest BCUT2D eigenvalue weighted by Gasteiger charge is -2.18. The first-order valence-electron chi connectivity index (χ1n) is 4.88. The fourth-order valence-electron chi connectivity index (χ4n) is 1.31. The Morgan fingerprint density at radius 3 is 2.87 bits per heavy atom. The predicted octanol–water partition coefficient (Wildman–Crippen LogP) is 0.502. The van der Waals surface area contributed by atoms with Crippen molar-refractivity contribution in [2.75, 3.05) is 32.7 Å². The number of aryl methyl sites for hydroxylation is 1. The van der Waals surface area contributed by atoms with Crippen LogP contribution in [0.3, 0.4) is 0 Å². The highest BCUT2D eigenvalue weighted by atomic mass is 35.5. The summed E-state index contributed by atoms with van der Waals surface area (Å²) in [6.45, 7) is 3.17. The number of aromatic nitrogens is 3. The summed E-state index contributed by atoms with van der Waals surface area (Å²) in [5.74, 6) is 0.615. The van der Waals surface area contributed by atoms with Gasteiger partial charge in [-0.3, -0.25) is 9.58 Å². The summed E-state index contributed by atoms with van der Waals surface area (Å²) in [5.41, 5.74) is 0.957. The first-order valence-corrected chi connectivity index (χ1v) is 5.42. The van der Waals surface area contributed by atoms with Crippen LogP contribution in [-0.4, -0.2) is 52.6 Å². The second kappa shape index (κ2) is 6.76. The van der Waals surface area contributed by atoms with Gasteiger partial charge in [0.15, 0.2) is 0 Å². The highest BCUT2D eigenvalue weighted by Gasteiger charge is 2.07. The van der Waals surface area contributed by atoms with E-state index in [9.17, 15) is 0 Å². The molecular weight excluding hydrogens is 216 g/mol. The number of ether oxygens (including phenoxy) is 1. The summed E-state index contributed by atoms with van der Waals surface area (Å²) in [5, 5.41) is 7.92. The molecule has 15 heavy (non-hydrogen) atoms. The molecule has 0 saturated heterocycles. The first-order chi connectivity index (χ1) is 7.26. The zero-order valence-electron chi connectivity index (χ0n) is 9.19. The van der Waals surface area contributed by atoms with Gasteiger partial charge < -0.3 is 4.74 Å². The Balaban J connectivity index is 2.42. The van der Waals surface area contributed by atoms with Gasteiger partial charge in [-0.05, 0) is 0 Å². The van der Waals surface area contributed by atoms with E-state index < -0.39 is 0 Å². The van der Waals surface area contributed by atoms with E-state index in [0.717, 1.165) is 25.3 Å². The van der Waals surface area contributed by atoms with Gasteiger partial charge in [-0.2, -0.15) is 0 Å². The normalized spacial score (nSPS) is 11.2. The van der Waals surface area contributed by atoms with Gasteiger partial charge in [0.25, 0.3) is 0 Å². The van der Waals surface area contributed by atoms with Gasteiger partial charge in [0.1, 0.15) is 0 Å². The molecule has 1 aromatic rings. The summed E-state index contributed by atoms with van der Waals surface area (Å²) < 4.78 is 6.73. The maximum Gasteiger partial charge on any atom is 0.0967 e. The summed E-state index contributed by atoms with van der Waals surface area (Å²) in [6, 6.07) is 0. The minimum atomic E-state index is 0.615. The van der Waals surface area contributed by atoms with Crippen molar-refractivity contribution in [1.82, 2.24) is 19.9 Å². The molecule has 0 spiro atoms. The van der Waals surface area contributed by atoms with Crippen molar-refractivity contribution >= 4 is 11.6 Å². The van der Waals surface area contributed by atoms with Gasteiger partial charge in [-0.1, -0.05) is 5.21 Å². The predicted molar refractivity (Wildman–Crippen MR) is 58.9 cm³/mol. The van der Waals surface area contributed by atoms with Crippen molar-refractivity contribution in [3.8, 4) is 0 Å². The maximum absolute atomic E-state index is 5.72. The molecule has 0 aromatic carbocycles. The van der Waals surface area contributed by atoms with Crippen molar-refractivity contribution in [3.63, 3.8) is 0 Å². The third-order valence-corrected chi connectivity index (χ3v) is 2.22. The molecule has 86 valence electrons. The fraction of sp³-hybridized carbons (Fsp3) is 0.778. The highest BCUT2D eigenvalue weighted by Crippen LogP contribution is 2.00. The van der Waals surface area contributed by atoms with Crippen LogP contribution in [0.25, 0.3) is 0 Å². The van der Waals surface area contributed by atoms with E-state index >= 15 is 0 Å². The van der Waals surface area contributed by atoms with Crippen molar-refractivity contribution in [3.05, 3.63) is 11.9 Å². The van der Waals surface area contributed by atoms with Crippen molar-refractivity contribution < 1.29 is 4.74 Å². The second-order valence-electron chi connectivity index (χ2n) is 3.34. The van der Waals surface area contributed by atoms with Gasteiger partial charge in [0, 0.05) is 45.9 Å². The number of alkyl halides is 1. The van der Waals surface area contributed by atoms with E-state index in [2.05, 4.69) is 15.2 Å². The van der Waals surface area contributed by atoms with E-state index in [4.69, 9.17) is 16.3 Å². The Hall–Kier alpha value is -0.650. The largest absolute Gasteiger partial charge is 0.383 e. The number of hydrogen-bond acceptors (Lipinski definition) is 4. The van der Waals surface area contributed by atoms with E-state index in [-0.39, 0.29) is 0 Å². The molecular formula is C9H17ClN4O. The minimum Gasteiger partial charge on any atom is -0.383 e. The van der Waals surface area contributed by atoms with Gasteiger partial charge in [-0.25, -0.2) is 0 Å². The smallest absolute Gasteiger partial charge is 0.0967 e. The van der Waals surface area contributed by atoms with E-state index in [0.29, 0.717) is 12.5 Å². The molecule has 0 fully saturated rings. The van der Waals surface area contributed by atoms with Gasteiger partial charge >= 0.3 is 0 Å².